The SMILES string of the molecule is COC(Cc1cncs1)(C(=O)O)C(=O)O. The zero-order valence-electron chi connectivity index (χ0n) is 7.84. The summed E-state index contributed by atoms with van der Waals surface area (Å²) >= 11 is 1.18. The largest absolute Gasteiger partial charge is 0.479 e. The molecule has 0 saturated carbocycles. The lowest BCUT2D eigenvalue weighted by atomic mass is 9.99. The Morgan fingerprint density at radius 1 is 1.53 bits per heavy atom. The molecule has 0 bridgehead atoms. The Labute approximate surface area is 89.1 Å². The van der Waals surface area contributed by atoms with Crippen LogP contribution in [0.5, 0.6) is 0 Å². The molecule has 1 rings (SSSR count). The number of hydrogen-bond donors (Lipinski definition) is 2. The lowest BCUT2D eigenvalue weighted by Gasteiger charge is -2.21. The van der Waals surface area contributed by atoms with Crippen LogP contribution in [-0.2, 0) is 20.7 Å². The molecule has 0 aromatic carbocycles. The van der Waals surface area contributed by atoms with Gasteiger partial charge in [0.15, 0.2) is 0 Å². The first-order valence-corrected chi connectivity index (χ1v) is 4.80. The van der Waals surface area contributed by atoms with E-state index in [-0.39, 0.29) is 6.42 Å². The number of thiazole rings is 1. The van der Waals surface area contributed by atoms with Crippen molar-refractivity contribution in [3.63, 3.8) is 0 Å². The number of carbonyl (C=O) groups is 2. The van der Waals surface area contributed by atoms with E-state index in [2.05, 4.69) is 9.72 Å². The van der Waals surface area contributed by atoms with Crippen molar-refractivity contribution < 1.29 is 24.5 Å². The highest BCUT2D eigenvalue weighted by Crippen LogP contribution is 2.20. The maximum Gasteiger partial charge on any atom is 0.348 e. The highest BCUT2D eigenvalue weighted by molar-refractivity contribution is 7.09. The Balaban J connectivity index is 3.00. The van der Waals surface area contributed by atoms with E-state index < -0.39 is 17.5 Å². The third kappa shape index (κ3) is 2.13. The van der Waals surface area contributed by atoms with E-state index in [0.29, 0.717) is 4.88 Å². The second-order valence-electron chi connectivity index (χ2n) is 2.79. The van der Waals surface area contributed by atoms with Crippen molar-refractivity contribution in [2.45, 2.75) is 12.0 Å². The van der Waals surface area contributed by atoms with Gasteiger partial charge in [-0.25, -0.2) is 9.59 Å². The average Bonchev–Trinajstić information content (AvgIpc) is 2.65. The summed E-state index contributed by atoms with van der Waals surface area (Å²) in [4.78, 5) is 26.1. The fourth-order valence-electron chi connectivity index (χ4n) is 1.06. The number of aliphatic carboxylic acids is 2. The monoisotopic (exact) mass is 231 g/mol. The topological polar surface area (TPSA) is 96.7 Å². The normalized spacial score (nSPS) is 11.3. The maximum atomic E-state index is 10.9. The van der Waals surface area contributed by atoms with E-state index in [4.69, 9.17) is 10.2 Å². The van der Waals surface area contributed by atoms with Crippen molar-refractivity contribution in [1.29, 1.82) is 0 Å². The van der Waals surface area contributed by atoms with Crippen LogP contribution < -0.4 is 0 Å². The molecule has 0 aliphatic rings. The maximum absolute atomic E-state index is 10.9. The van der Waals surface area contributed by atoms with Crippen molar-refractivity contribution >= 4 is 23.3 Å². The van der Waals surface area contributed by atoms with Gasteiger partial charge in [-0.05, 0) is 0 Å². The molecule has 0 aliphatic carbocycles. The van der Waals surface area contributed by atoms with Crippen LogP contribution in [0, 0.1) is 0 Å². The summed E-state index contributed by atoms with van der Waals surface area (Å²) in [6.45, 7) is 0. The van der Waals surface area contributed by atoms with E-state index in [1.165, 1.54) is 23.0 Å². The lowest BCUT2D eigenvalue weighted by Crippen LogP contribution is -2.50. The average molecular weight is 231 g/mol. The van der Waals surface area contributed by atoms with Gasteiger partial charge >= 0.3 is 11.9 Å². The van der Waals surface area contributed by atoms with Crippen LogP contribution in [0.2, 0.25) is 0 Å². The molecule has 0 spiro atoms. The van der Waals surface area contributed by atoms with Crippen LogP contribution in [0.25, 0.3) is 0 Å². The highest BCUT2D eigenvalue weighted by atomic mass is 32.1. The summed E-state index contributed by atoms with van der Waals surface area (Å²) in [6.07, 6.45) is 1.18. The van der Waals surface area contributed by atoms with Gasteiger partial charge in [-0.2, -0.15) is 0 Å². The fourth-order valence-corrected chi connectivity index (χ4v) is 1.73. The van der Waals surface area contributed by atoms with Gasteiger partial charge < -0.3 is 14.9 Å². The first-order chi connectivity index (χ1) is 7.03. The predicted molar refractivity (Wildman–Crippen MR) is 50.8 cm³/mol. The van der Waals surface area contributed by atoms with E-state index in [0.717, 1.165) is 7.11 Å². The fraction of sp³-hybridized carbons (Fsp3) is 0.375. The molecule has 0 atom stereocenters. The van der Waals surface area contributed by atoms with E-state index in [1.807, 2.05) is 0 Å². The van der Waals surface area contributed by atoms with E-state index in [1.54, 1.807) is 0 Å². The Bertz CT molecular complexity index is 347. The van der Waals surface area contributed by atoms with Crippen LogP contribution in [-0.4, -0.2) is 39.8 Å². The van der Waals surface area contributed by atoms with Crippen LogP contribution in [0.3, 0.4) is 0 Å². The van der Waals surface area contributed by atoms with Crippen LogP contribution in [0.4, 0.5) is 0 Å². The first-order valence-electron chi connectivity index (χ1n) is 3.92. The number of methoxy groups -OCH3 is 1. The zero-order chi connectivity index (χ0) is 11.5. The van der Waals surface area contributed by atoms with Crippen LogP contribution in [0.1, 0.15) is 4.88 Å². The molecule has 0 unspecified atom stereocenters. The molecule has 1 heterocycles. The molecular weight excluding hydrogens is 222 g/mol. The predicted octanol–water partition coefficient (Wildman–Crippen LogP) is 0.240. The standard InChI is InChI=1S/C8H9NO5S/c1-14-8(6(10)11,7(12)13)2-5-3-9-4-15-5/h3-4H,2H2,1H3,(H,10,11)(H,12,13). The van der Waals surface area contributed by atoms with Gasteiger partial charge in [0.25, 0.3) is 5.60 Å². The molecule has 0 radical (unpaired) electrons. The summed E-state index contributed by atoms with van der Waals surface area (Å²) in [5, 5.41) is 17.7. The summed E-state index contributed by atoms with van der Waals surface area (Å²) in [7, 11) is 1.06. The van der Waals surface area contributed by atoms with Gasteiger partial charge in [0, 0.05) is 24.6 Å². The van der Waals surface area contributed by atoms with Crippen molar-refractivity contribution in [3.05, 3.63) is 16.6 Å². The number of carboxylic acids is 2. The summed E-state index contributed by atoms with van der Waals surface area (Å²) < 4.78 is 4.61. The molecule has 1 aromatic rings. The quantitative estimate of drug-likeness (QED) is 0.704. The van der Waals surface area contributed by atoms with Crippen molar-refractivity contribution in [2.24, 2.45) is 0 Å². The number of hydrogen-bond acceptors (Lipinski definition) is 5. The molecule has 0 saturated heterocycles. The molecule has 0 aliphatic heterocycles. The minimum absolute atomic E-state index is 0.237. The molecule has 82 valence electrons. The Kier molecular flexibility index (Phi) is 3.38. The molecule has 0 fully saturated rings. The molecule has 6 nitrogen and oxygen atoms in total. The van der Waals surface area contributed by atoms with Gasteiger partial charge in [-0.1, -0.05) is 0 Å². The molecule has 15 heavy (non-hydrogen) atoms. The van der Waals surface area contributed by atoms with Gasteiger partial charge in [0.05, 0.1) is 5.51 Å². The smallest absolute Gasteiger partial charge is 0.348 e. The van der Waals surface area contributed by atoms with Gasteiger partial charge in [-0.3, -0.25) is 4.98 Å². The van der Waals surface area contributed by atoms with E-state index in [9.17, 15) is 9.59 Å². The Hall–Kier alpha value is -1.47. The van der Waals surface area contributed by atoms with Crippen molar-refractivity contribution in [1.82, 2.24) is 4.98 Å². The Morgan fingerprint density at radius 3 is 2.47 bits per heavy atom. The molecule has 7 heteroatoms. The second-order valence-corrected chi connectivity index (χ2v) is 3.76. The summed E-state index contributed by atoms with van der Waals surface area (Å²) in [5.41, 5.74) is -0.730. The first kappa shape index (κ1) is 11.6. The van der Waals surface area contributed by atoms with Gasteiger partial charge in [-0.15, -0.1) is 11.3 Å². The molecule has 1 aromatic heterocycles. The summed E-state index contributed by atoms with van der Waals surface area (Å²) in [6, 6.07) is 0. The van der Waals surface area contributed by atoms with Gasteiger partial charge in [0.1, 0.15) is 0 Å². The molecule has 0 amide bonds. The number of rotatable bonds is 5. The van der Waals surface area contributed by atoms with Crippen LogP contribution >= 0.6 is 11.3 Å². The summed E-state index contributed by atoms with van der Waals surface area (Å²) in [5.74, 6) is -3.04. The Morgan fingerprint density at radius 2 is 2.13 bits per heavy atom. The third-order valence-corrected chi connectivity index (χ3v) is 2.73. The third-order valence-electron chi connectivity index (χ3n) is 1.95. The van der Waals surface area contributed by atoms with E-state index >= 15 is 0 Å². The van der Waals surface area contributed by atoms with Crippen LogP contribution in [0.15, 0.2) is 11.7 Å². The van der Waals surface area contributed by atoms with Crippen molar-refractivity contribution in [3.8, 4) is 0 Å². The zero-order valence-corrected chi connectivity index (χ0v) is 8.65. The number of ether oxygens (including phenoxy) is 1. The van der Waals surface area contributed by atoms with Gasteiger partial charge in [0.2, 0.25) is 0 Å². The molecular formula is C8H9NO5S. The van der Waals surface area contributed by atoms with Crippen molar-refractivity contribution in [2.75, 3.05) is 7.11 Å². The minimum atomic E-state index is -2.23. The molecule has 2 N–H and O–H groups in total. The number of carboxylic acid groups (broad SMARTS) is 2. The second kappa shape index (κ2) is 4.37. The number of nitrogens with zero attached hydrogens (tertiary/aromatic N) is 1. The minimum Gasteiger partial charge on any atom is -0.479 e. The number of aromatic nitrogens is 1. The lowest BCUT2D eigenvalue weighted by molar-refractivity contribution is -0.179. The highest BCUT2D eigenvalue weighted by Gasteiger charge is 2.47.